The molecule has 138 valence electrons. The zero-order valence-electron chi connectivity index (χ0n) is 15.8. The maximum Gasteiger partial charge on any atom is 1.00 e. The average Bonchev–Trinajstić information content (AvgIpc) is 2.51. The fourth-order valence-electron chi connectivity index (χ4n) is 2.92. The first-order valence-corrected chi connectivity index (χ1v) is 10.7. The number of unbranched alkanes of at least 4 members (excludes halogenated alkanes) is 10. The summed E-state index contributed by atoms with van der Waals surface area (Å²) in [4.78, 5) is -0.298. The van der Waals surface area contributed by atoms with Crippen molar-refractivity contribution >= 4 is 10.1 Å². The van der Waals surface area contributed by atoms with Gasteiger partial charge in [-0.1, -0.05) is 77.2 Å². The minimum Gasteiger partial charge on any atom is -0.872 e. The first-order chi connectivity index (χ1) is 11.4. The minimum atomic E-state index is -4.30. The summed E-state index contributed by atoms with van der Waals surface area (Å²) in [5, 5.41) is 11.5. The predicted octanol–water partition coefficient (Wildman–Crippen LogP) is 1.86. The summed E-state index contributed by atoms with van der Waals surface area (Å²) >= 11 is 0. The molecule has 6 heteroatoms. The van der Waals surface area contributed by atoms with E-state index in [0.717, 1.165) is 18.9 Å². The molecule has 0 heterocycles. The second-order valence-corrected chi connectivity index (χ2v) is 7.99. The molecule has 1 aromatic rings. The van der Waals surface area contributed by atoms with Crippen molar-refractivity contribution < 1.29 is 47.6 Å². The molecule has 0 spiro atoms. The summed E-state index contributed by atoms with van der Waals surface area (Å²) in [6.07, 6.45) is 14.4. The van der Waals surface area contributed by atoms with Crippen molar-refractivity contribution in [2.24, 2.45) is 0 Å². The van der Waals surface area contributed by atoms with Crippen molar-refractivity contribution in [1.82, 2.24) is 0 Å². The Bertz CT molecular complexity index is 573. The average molecular weight is 379 g/mol. The van der Waals surface area contributed by atoms with E-state index in [9.17, 15) is 13.5 Å². The van der Waals surface area contributed by atoms with E-state index in [-0.39, 0.29) is 40.2 Å². The molecular formula is C19H31NaO4S. The topological polar surface area (TPSA) is 77.4 Å². The van der Waals surface area contributed by atoms with Crippen molar-refractivity contribution in [2.45, 2.75) is 88.9 Å². The molecule has 0 aliphatic heterocycles. The molecule has 0 fully saturated rings. The van der Waals surface area contributed by atoms with Gasteiger partial charge in [-0.15, -0.1) is 5.75 Å². The van der Waals surface area contributed by atoms with Crippen molar-refractivity contribution in [3.63, 3.8) is 0 Å². The Balaban J connectivity index is 0.00000576. The molecule has 1 aromatic carbocycles. The fourth-order valence-corrected chi connectivity index (χ4v) is 3.48. The Hall–Kier alpha value is -0.0700. The maximum atomic E-state index is 11.5. The normalized spacial score (nSPS) is 11.3. The van der Waals surface area contributed by atoms with Gasteiger partial charge in [0, 0.05) is 0 Å². The molecule has 0 aromatic heterocycles. The van der Waals surface area contributed by atoms with E-state index in [0.29, 0.717) is 12.0 Å². The zero-order valence-corrected chi connectivity index (χ0v) is 18.6. The molecule has 0 radical (unpaired) electrons. The van der Waals surface area contributed by atoms with E-state index in [4.69, 9.17) is 4.55 Å². The van der Waals surface area contributed by atoms with Crippen LogP contribution in [0.1, 0.15) is 83.1 Å². The van der Waals surface area contributed by atoms with Crippen molar-refractivity contribution in [3.8, 4) is 5.75 Å². The Morgan fingerprint density at radius 2 is 1.32 bits per heavy atom. The van der Waals surface area contributed by atoms with Gasteiger partial charge in [0.25, 0.3) is 10.1 Å². The van der Waals surface area contributed by atoms with Gasteiger partial charge in [-0.25, -0.2) is 0 Å². The molecule has 4 nitrogen and oxygen atoms in total. The van der Waals surface area contributed by atoms with Crippen LogP contribution in [0.25, 0.3) is 0 Å². The second-order valence-electron chi connectivity index (χ2n) is 6.57. The molecule has 0 bridgehead atoms. The monoisotopic (exact) mass is 378 g/mol. The van der Waals surface area contributed by atoms with Gasteiger partial charge in [0.1, 0.15) is 0 Å². The number of rotatable bonds is 13. The minimum absolute atomic E-state index is 0. The van der Waals surface area contributed by atoms with Gasteiger partial charge in [-0.2, -0.15) is 8.42 Å². The van der Waals surface area contributed by atoms with Crippen LogP contribution in [0, 0.1) is 0 Å². The van der Waals surface area contributed by atoms with Crippen LogP contribution < -0.4 is 34.7 Å². The van der Waals surface area contributed by atoms with Gasteiger partial charge in [0.15, 0.2) is 0 Å². The third-order valence-electron chi connectivity index (χ3n) is 4.31. The standard InChI is InChI=1S/C19H32O4S.Na/c1-2-3-4-5-6-7-8-9-10-11-12-13-17-14-18(20)16-19(15-17)24(21,22)23;/h14-16,20H,2-13H2,1H3,(H,21,22,23);/q;+1/p-1. The molecule has 0 aliphatic carbocycles. The van der Waals surface area contributed by atoms with Gasteiger partial charge < -0.3 is 5.11 Å². The van der Waals surface area contributed by atoms with Gasteiger partial charge >= 0.3 is 29.6 Å². The zero-order chi connectivity index (χ0) is 17.8. The Morgan fingerprint density at radius 3 is 1.80 bits per heavy atom. The van der Waals surface area contributed by atoms with Crippen molar-refractivity contribution in [2.75, 3.05) is 0 Å². The van der Waals surface area contributed by atoms with E-state index in [1.807, 2.05) is 0 Å². The molecule has 1 N–H and O–H groups in total. The van der Waals surface area contributed by atoms with Gasteiger partial charge in [0.05, 0.1) is 4.90 Å². The Kier molecular flexibility index (Phi) is 14.0. The molecule has 0 saturated carbocycles. The molecule has 1 rings (SSSR count). The van der Waals surface area contributed by atoms with E-state index in [1.165, 1.54) is 69.9 Å². The van der Waals surface area contributed by atoms with E-state index in [1.54, 1.807) is 0 Å². The van der Waals surface area contributed by atoms with Crippen molar-refractivity contribution in [3.05, 3.63) is 23.8 Å². The van der Waals surface area contributed by atoms with Crippen LogP contribution in [0.4, 0.5) is 0 Å². The smallest absolute Gasteiger partial charge is 0.872 e. The fraction of sp³-hybridized carbons (Fsp3) is 0.684. The Morgan fingerprint density at radius 1 is 0.840 bits per heavy atom. The van der Waals surface area contributed by atoms with E-state index < -0.39 is 10.1 Å². The van der Waals surface area contributed by atoms with Gasteiger partial charge in [0.2, 0.25) is 0 Å². The van der Waals surface area contributed by atoms with Crippen LogP contribution in [0.2, 0.25) is 0 Å². The summed E-state index contributed by atoms with van der Waals surface area (Å²) in [5.74, 6) is -0.372. The van der Waals surface area contributed by atoms with Crippen molar-refractivity contribution in [1.29, 1.82) is 0 Å². The largest absolute Gasteiger partial charge is 1.00 e. The molecular weight excluding hydrogens is 347 g/mol. The third-order valence-corrected chi connectivity index (χ3v) is 5.14. The van der Waals surface area contributed by atoms with E-state index in [2.05, 4.69) is 6.92 Å². The summed E-state index contributed by atoms with van der Waals surface area (Å²) in [6.45, 7) is 2.23. The van der Waals surface area contributed by atoms with E-state index >= 15 is 0 Å². The van der Waals surface area contributed by atoms with Crippen LogP contribution in [0.15, 0.2) is 23.1 Å². The second kappa shape index (κ2) is 14.0. The quantitative estimate of drug-likeness (QED) is 0.323. The summed E-state index contributed by atoms with van der Waals surface area (Å²) in [5.41, 5.74) is 0.686. The van der Waals surface area contributed by atoms with Gasteiger partial charge in [-0.05, 0) is 30.5 Å². The summed E-state index contributed by atoms with van der Waals surface area (Å²) < 4.78 is 31.3. The molecule has 0 unspecified atom stereocenters. The number of hydrogen-bond acceptors (Lipinski definition) is 3. The SMILES string of the molecule is CCCCCCCCCCCCCc1cc([O-])cc(S(=O)(=O)O)c1.[Na+]. The van der Waals surface area contributed by atoms with Crippen LogP contribution in [-0.2, 0) is 16.5 Å². The first kappa shape index (κ1) is 24.9. The molecule has 0 atom stereocenters. The van der Waals surface area contributed by atoms with Gasteiger partial charge in [-0.3, -0.25) is 4.55 Å². The first-order valence-electron chi connectivity index (χ1n) is 9.22. The molecule has 0 aliphatic rings. The van der Waals surface area contributed by atoms with Crippen LogP contribution >= 0.6 is 0 Å². The van der Waals surface area contributed by atoms with Crippen LogP contribution in [-0.4, -0.2) is 13.0 Å². The summed E-state index contributed by atoms with van der Waals surface area (Å²) in [7, 11) is -4.30. The maximum absolute atomic E-state index is 11.5. The summed E-state index contributed by atoms with van der Waals surface area (Å²) in [6, 6.07) is 3.80. The number of aryl methyl sites for hydroxylation is 1. The van der Waals surface area contributed by atoms with Crippen LogP contribution in [0.3, 0.4) is 0 Å². The molecule has 0 amide bonds. The van der Waals surface area contributed by atoms with Crippen LogP contribution in [0.5, 0.6) is 5.75 Å². The number of benzene rings is 1. The predicted molar refractivity (Wildman–Crippen MR) is 95.9 cm³/mol. The Labute approximate surface area is 175 Å². The third kappa shape index (κ3) is 12.0. The molecule has 0 saturated heterocycles. The number of hydrogen-bond donors (Lipinski definition) is 1. The molecule has 25 heavy (non-hydrogen) atoms.